The molecule has 0 saturated carbocycles. The molecule has 35 heavy (non-hydrogen) atoms. The van der Waals surface area contributed by atoms with Crippen LogP contribution in [0.5, 0.6) is 11.5 Å². The number of ether oxygens (including phenoxy) is 1. The van der Waals surface area contributed by atoms with Crippen LogP contribution in [0.25, 0.3) is 0 Å². The fourth-order valence-electron chi connectivity index (χ4n) is 3.29. The maximum absolute atomic E-state index is 14.5. The Labute approximate surface area is 212 Å². The summed E-state index contributed by atoms with van der Waals surface area (Å²) in [4.78, 5) is 28.6. The van der Waals surface area contributed by atoms with E-state index in [1.807, 2.05) is 22.6 Å². The van der Waals surface area contributed by atoms with Crippen molar-refractivity contribution < 1.29 is 23.1 Å². The molecule has 4 N–H and O–H groups in total. The van der Waals surface area contributed by atoms with Crippen LogP contribution < -0.4 is 21.1 Å². The summed E-state index contributed by atoms with van der Waals surface area (Å²) in [6.45, 7) is 0. The molecule has 0 aliphatic rings. The first-order valence-corrected chi connectivity index (χ1v) is 11.2. The average molecular weight is 589 g/mol. The molecule has 1 aromatic heterocycles. The lowest BCUT2D eigenvalue weighted by Crippen LogP contribution is -2.16. The SMILES string of the molecule is Cn1cncc1C(=O)Nc1cccc(Oc2cc(F)cc(Nc3ccc(I)cc3F)c2C(N)=O)c1. The van der Waals surface area contributed by atoms with Gasteiger partial charge < -0.3 is 25.7 Å². The third kappa shape index (κ3) is 5.57. The molecule has 0 fully saturated rings. The summed E-state index contributed by atoms with van der Waals surface area (Å²) in [5, 5.41) is 5.43. The monoisotopic (exact) mass is 589 g/mol. The first-order valence-electron chi connectivity index (χ1n) is 10.1. The molecular formula is C24H18F2IN5O3. The van der Waals surface area contributed by atoms with Crippen molar-refractivity contribution in [1.29, 1.82) is 0 Å². The van der Waals surface area contributed by atoms with Gasteiger partial charge in [0.05, 0.1) is 23.9 Å². The van der Waals surface area contributed by atoms with Crippen LogP contribution >= 0.6 is 22.6 Å². The Bertz CT molecular complexity index is 1440. The standard InChI is InChI=1S/C24H18F2IN5O3/c1-32-12-29-11-20(32)24(34)30-15-3-2-4-16(10-15)35-21-8-13(25)7-19(22(21)23(28)33)31-18-6-5-14(27)9-17(18)26/h2-12,31H,1H3,(H2,28,33)(H,30,34). The summed E-state index contributed by atoms with van der Waals surface area (Å²) in [7, 11) is 1.68. The lowest BCUT2D eigenvalue weighted by molar-refractivity contribution is 0.0995. The van der Waals surface area contributed by atoms with Crippen molar-refractivity contribution in [3.63, 3.8) is 0 Å². The number of imidazole rings is 1. The second kappa shape index (κ2) is 10.1. The summed E-state index contributed by atoms with van der Waals surface area (Å²) in [6.07, 6.45) is 2.92. The Morgan fingerprint density at radius 1 is 1.09 bits per heavy atom. The number of hydrogen-bond acceptors (Lipinski definition) is 5. The van der Waals surface area contributed by atoms with E-state index in [-0.39, 0.29) is 28.4 Å². The summed E-state index contributed by atoms with van der Waals surface area (Å²) in [6, 6.07) is 12.7. The van der Waals surface area contributed by atoms with Crippen molar-refractivity contribution in [2.75, 3.05) is 10.6 Å². The van der Waals surface area contributed by atoms with E-state index in [4.69, 9.17) is 10.5 Å². The molecule has 0 atom stereocenters. The number of primary amides is 1. The minimum absolute atomic E-state index is 0.0318. The van der Waals surface area contributed by atoms with Gasteiger partial charge in [0.25, 0.3) is 11.8 Å². The zero-order valence-corrected chi connectivity index (χ0v) is 20.3. The van der Waals surface area contributed by atoms with Gasteiger partial charge in [0.1, 0.15) is 34.4 Å². The number of aromatic nitrogens is 2. The van der Waals surface area contributed by atoms with Crippen molar-refractivity contribution in [3.05, 3.63) is 93.6 Å². The van der Waals surface area contributed by atoms with Crippen LogP contribution in [0.3, 0.4) is 0 Å². The van der Waals surface area contributed by atoms with Gasteiger partial charge in [0.15, 0.2) is 0 Å². The topological polar surface area (TPSA) is 111 Å². The van der Waals surface area contributed by atoms with E-state index in [9.17, 15) is 18.4 Å². The molecule has 4 rings (SSSR count). The Morgan fingerprint density at radius 3 is 2.57 bits per heavy atom. The molecule has 0 saturated heterocycles. The first-order chi connectivity index (χ1) is 16.7. The Hall–Kier alpha value is -4.00. The van der Waals surface area contributed by atoms with Crippen molar-refractivity contribution >= 4 is 51.5 Å². The molecule has 2 amide bonds. The number of nitrogens with two attached hydrogens (primary N) is 1. The third-order valence-corrected chi connectivity index (χ3v) is 5.55. The summed E-state index contributed by atoms with van der Waals surface area (Å²) in [5.41, 5.74) is 6.09. The van der Waals surface area contributed by atoms with E-state index in [1.165, 1.54) is 30.7 Å². The normalized spacial score (nSPS) is 10.6. The average Bonchev–Trinajstić information content (AvgIpc) is 3.21. The van der Waals surface area contributed by atoms with Crippen LogP contribution in [0.2, 0.25) is 0 Å². The van der Waals surface area contributed by atoms with Crippen molar-refractivity contribution in [1.82, 2.24) is 9.55 Å². The summed E-state index contributed by atoms with van der Waals surface area (Å²) in [5.74, 6) is -2.60. The van der Waals surface area contributed by atoms with Crippen LogP contribution in [0, 0.1) is 15.2 Å². The molecule has 3 aromatic carbocycles. The second-order valence-electron chi connectivity index (χ2n) is 7.41. The molecule has 178 valence electrons. The number of benzene rings is 3. The van der Waals surface area contributed by atoms with E-state index in [2.05, 4.69) is 15.6 Å². The van der Waals surface area contributed by atoms with Crippen LogP contribution in [0.1, 0.15) is 20.8 Å². The van der Waals surface area contributed by atoms with Gasteiger partial charge in [-0.2, -0.15) is 0 Å². The zero-order chi connectivity index (χ0) is 25.1. The number of nitrogens with one attached hydrogen (secondary N) is 2. The molecule has 0 aliphatic carbocycles. The molecule has 0 radical (unpaired) electrons. The molecule has 11 heteroatoms. The predicted octanol–water partition coefficient (Wildman–Crippen LogP) is 5.19. The van der Waals surface area contributed by atoms with Gasteiger partial charge in [-0.3, -0.25) is 9.59 Å². The number of rotatable bonds is 7. The summed E-state index contributed by atoms with van der Waals surface area (Å²) < 4.78 is 36.8. The third-order valence-electron chi connectivity index (χ3n) is 4.88. The highest BCUT2D eigenvalue weighted by atomic mass is 127. The number of nitrogens with zero attached hydrogens (tertiary/aromatic N) is 2. The van der Waals surface area contributed by atoms with Crippen molar-refractivity contribution in [2.24, 2.45) is 12.8 Å². The number of carbonyl (C=O) groups is 2. The minimum atomic E-state index is -0.908. The largest absolute Gasteiger partial charge is 0.456 e. The molecule has 1 heterocycles. The molecule has 8 nitrogen and oxygen atoms in total. The summed E-state index contributed by atoms with van der Waals surface area (Å²) >= 11 is 1.96. The van der Waals surface area contributed by atoms with Gasteiger partial charge in [0, 0.05) is 28.4 Å². The minimum Gasteiger partial charge on any atom is -0.456 e. The maximum atomic E-state index is 14.5. The number of anilines is 3. The van der Waals surface area contributed by atoms with Gasteiger partial charge in [0.2, 0.25) is 0 Å². The number of amides is 2. The highest BCUT2D eigenvalue weighted by molar-refractivity contribution is 14.1. The fraction of sp³-hybridized carbons (Fsp3) is 0.0417. The number of hydrogen-bond donors (Lipinski definition) is 3. The Balaban J connectivity index is 1.64. The quantitative estimate of drug-likeness (QED) is 0.257. The predicted molar refractivity (Wildman–Crippen MR) is 135 cm³/mol. The van der Waals surface area contributed by atoms with E-state index in [0.29, 0.717) is 15.0 Å². The highest BCUT2D eigenvalue weighted by Crippen LogP contribution is 2.35. The Kier molecular flexibility index (Phi) is 6.96. The molecule has 4 aromatic rings. The van der Waals surface area contributed by atoms with E-state index in [1.54, 1.807) is 35.9 Å². The van der Waals surface area contributed by atoms with Gasteiger partial charge in [-0.15, -0.1) is 0 Å². The number of aryl methyl sites for hydroxylation is 1. The van der Waals surface area contributed by atoms with Gasteiger partial charge >= 0.3 is 0 Å². The van der Waals surface area contributed by atoms with Crippen LogP contribution in [-0.2, 0) is 7.05 Å². The van der Waals surface area contributed by atoms with Crippen LogP contribution in [0.15, 0.2) is 67.1 Å². The number of carbonyl (C=O) groups excluding carboxylic acids is 2. The fourth-order valence-corrected chi connectivity index (χ4v) is 3.74. The highest BCUT2D eigenvalue weighted by Gasteiger charge is 2.20. The molecular weight excluding hydrogens is 571 g/mol. The van der Waals surface area contributed by atoms with Crippen LogP contribution in [-0.4, -0.2) is 21.4 Å². The van der Waals surface area contributed by atoms with E-state index in [0.717, 1.165) is 12.1 Å². The van der Waals surface area contributed by atoms with Gasteiger partial charge in [-0.25, -0.2) is 13.8 Å². The molecule has 0 aliphatic heterocycles. The van der Waals surface area contributed by atoms with Gasteiger partial charge in [-0.1, -0.05) is 6.07 Å². The van der Waals surface area contributed by atoms with Crippen LogP contribution in [0.4, 0.5) is 25.8 Å². The lowest BCUT2D eigenvalue weighted by Gasteiger charge is -2.16. The Morgan fingerprint density at radius 2 is 1.89 bits per heavy atom. The first kappa shape index (κ1) is 24.1. The van der Waals surface area contributed by atoms with Gasteiger partial charge in [-0.05, 0) is 59.0 Å². The molecule has 0 unspecified atom stereocenters. The molecule has 0 spiro atoms. The van der Waals surface area contributed by atoms with E-state index >= 15 is 0 Å². The second-order valence-corrected chi connectivity index (χ2v) is 8.66. The number of halogens is 3. The zero-order valence-electron chi connectivity index (χ0n) is 18.2. The lowest BCUT2D eigenvalue weighted by atomic mass is 10.1. The van der Waals surface area contributed by atoms with E-state index < -0.39 is 23.4 Å². The maximum Gasteiger partial charge on any atom is 0.273 e. The van der Waals surface area contributed by atoms with Crippen molar-refractivity contribution in [3.8, 4) is 11.5 Å². The smallest absolute Gasteiger partial charge is 0.273 e. The molecule has 0 bridgehead atoms. The van der Waals surface area contributed by atoms with Crippen molar-refractivity contribution in [2.45, 2.75) is 0 Å².